The molecule has 2 amide bonds. The molecule has 0 aliphatic carbocycles. The maximum atomic E-state index is 13.6. The molecule has 180 valence electrons. The molecule has 7 nitrogen and oxygen atoms in total. The van der Waals surface area contributed by atoms with Crippen LogP contribution in [0.15, 0.2) is 95.0 Å². The average molecular weight is 497 g/mol. The Hall–Kier alpha value is -4.30. The standard InChI is InChI=1S/C28H24N4O3S/c1-35-22-13-11-19(12-14-22)16-32-27(34)25(36-28(32)30-21-7-3-2-4-8-21)15-20-17-31(18-26(29)33)24-10-6-5-9-23(20)24/h2-15,17H,16,18H2,1H3,(H2,29,33)/b25-15-,30-28?. The molecule has 0 spiro atoms. The van der Waals surface area contributed by atoms with E-state index in [1.54, 1.807) is 12.0 Å². The molecule has 0 saturated carbocycles. The van der Waals surface area contributed by atoms with Crippen molar-refractivity contribution in [1.82, 2.24) is 9.47 Å². The van der Waals surface area contributed by atoms with Gasteiger partial charge in [-0.2, -0.15) is 0 Å². The highest BCUT2D eigenvalue weighted by atomic mass is 32.2. The molecule has 8 heteroatoms. The van der Waals surface area contributed by atoms with Gasteiger partial charge >= 0.3 is 0 Å². The van der Waals surface area contributed by atoms with E-state index in [2.05, 4.69) is 0 Å². The number of carbonyl (C=O) groups excluding carboxylic acids is 2. The molecular weight excluding hydrogens is 472 g/mol. The normalized spacial score (nSPS) is 15.8. The minimum atomic E-state index is -0.427. The van der Waals surface area contributed by atoms with Gasteiger partial charge in [0.2, 0.25) is 5.91 Å². The van der Waals surface area contributed by atoms with Crippen LogP contribution < -0.4 is 10.5 Å². The van der Waals surface area contributed by atoms with E-state index < -0.39 is 5.91 Å². The Morgan fingerprint density at radius 1 is 1.03 bits per heavy atom. The van der Waals surface area contributed by atoms with Gasteiger partial charge in [-0.05, 0) is 53.7 Å². The van der Waals surface area contributed by atoms with E-state index in [4.69, 9.17) is 15.5 Å². The maximum absolute atomic E-state index is 13.6. The number of fused-ring (bicyclic) bond motifs is 1. The number of amidine groups is 1. The first kappa shape index (κ1) is 23.4. The van der Waals surface area contributed by atoms with Crippen molar-refractivity contribution in [2.45, 2.75) is 13.1 Å². The number of nitrogens with two attached hydrogens (primary N) is 1. The van der Waals surface area contributed by atoms with E-state index in [0.717, 1.165) is 33.5 Å². The summed E-state index contributed by atoms with van der Waals surface area (Å²) in [4.78, 5) is 32.2. The molecule has 2 heterocycles. The van der Waals surface area contributed by atoms with Crippen molar-refractivity contribution in [3.8, 4) is 5.75 Å². The fourth-order valence-electron chi connectivity index (χ4n) is 4.09. The van der Waals surface area contributed by atoms with Gasteiger partial charge in [0, 0.05) is 22.7 Å². The summed E-state index contributed by atoms with van der Waals surface area (Å²) in [6, 6.07) is 24.9. The molecule has 1 aliphatic heterocycles. The molecular formula is C28H24N4O3S. The van der Waals surface area contributed by atoms with Crippen LogP contribution in [-0.4, -0.2) is 33.6 Å². The second-order valence-corrected chi connectivity index (χ2v) is 9.28. The minimum absolute atomic E-state index is 0.0646. The van der Waals surface area contributed by atoms with Crippen molar-refractivity contribution in [3.63, 3.8) is 0 Å². The summed E-state index contributed by atoms with van der Waals surface area (Å²) in [5, 5.41) is 1.55. The Balaban J connectivity index is 1.53. The molecule has 1 aromatic heterocycles. The Kier molecular flexibility index (Phi) is 6.60. The van der Waals surface area contributed by atoms with E-state index >= 15 is 0 Å². The number of nitrogens with zero attached hydrogens (tertiary/aromatic N) is 3. The van der Waals surface area contributed by atoms with Gasteiger partial charge in [-0.1, -0.05) is 48.5 Å². The number of ether oxygens (including phenoxy) is 1. The Morgan fingerprint density at radius 3 is 2.47 bits per heavy atom. The van der Waals surface area contributed by atoms with Gasteiger partial charge in [0.15, 0.2) is 5.17 Å². The Bertz CT molecular complexity index is 1490. The van der Waals surface area contributed by atoms with Gasteiger partial charge in [0.1, 0.15) is 12.3 Å². The predicted molar refractivity (Wildman–Crippen MR) is 144 cm³/mol. The van der Waals surface area contributed by atoms with Crippen molar-refractivity contribution >= 4 is 51.4 Å². The third kappa shape index (κ3) is 4.89. The fraction of sp³-hybridized carbons (Fsp3) is 0.107. The largest absolute Gasteiger partial charge is 0.497 e. The SMILES string of the molecule is COc1ccc(CN2C(=O)/C(=C/c3cn(CC(N)=O)c4ccccc34)SC2=Nc2ccccc2)cc1. The lowest BCUT2D eigenvalue weighted by atomic mass is 10.1. The molecule has 36 heavy (non-hydrogen) atoms. The fourth-order valence-corrected chi connectivity index (χ4v) is 5.08. The monoisotopic (exact) mass is 496 g/mol. The smallest absolute Gasteiger partial charge is 0.267 e. The van der Waals surface area contributed by atoms with Crippen LogP contribution in [0.2, 0.25) is 0 Å². The first-order chi connectivity index (χ1) is 17.5. The molecule has 1 aliphatic rings. The molecule has 5 rings (SSSR count). The van der Waals surface area contributed by atoms with E-state index in [1.807, 2.05) is 95.7 Å². The molecule has 2 N–H and O–H groups in total. The van der Waals surface area contributed by atoms with E-state index in [-0.39, 0.29) is 12.5 Å². The maximum Gasteiger partial charge on any atom is 0.267 e. The van der Waals surface area contributed by atoms with E-state index in [0.29, 0.717) is 16.6 Å². The molecule has 1 saturated heterocycles. The van der Waals surface area contributed by atoms with Crippen molar-refractivity contribution in [2.75, 3.05) is 7.11 Å². The van der Waals surface area contributed by atoms with E-state index in [9.17, 15) is 9.59 Å². The van der Waals surface area contributed by atoms with Gasteiger partial charge in [-0.25, -0.2) is 4.99 Å². The molecule has 3 aromatic carbocycles. The van der Waals surface area contributed by atoms with Gasteiger partial charge in [0.05, 0.1) is 24.2 Å². The van der Waals surface area contributed by atoms with Crippen LogP contribution in [0.4, 0.5) is 5.69 Å². The van der Waals surface area contributed by atoms with Gasteiger partial charge in [0.25, 0.3) is 5.91 Å². The van der Waals surface area contributed by atoms with Gasteiger partial charge in [-0.15, -0.1) is 0 Å². The highest BCUT2D eigenvalue weighted by molar-refractivity contribution is 8.18. The summed E-state index contributed by atoms with van der Waals surface area (Å²) in [6.45, 7) is 0.442. The van der Waals surface area contributed by atoms with E-state index in [1.165, 1.54) is 11.8 Å². The molecule has 0 atom stereocenters. The lowest BCUT2D eigenvalue weighted by molar-refractivity contribution is -0.122. The summed E-state index contributed by atoms with van der Waals surface area (Å²) >= 11 is 1.34. The number of carbonyl (C=O) groups is 2. The first-order valence-electron chi connectivity index (χ1n) is 11.4. The first-order valence-corrected chi connectivity index (χ1v) is 12.2. The van der Waals surface area contributed by atoms with Crippen LogP contribution in [0.1, 0.15) is 11.1 Å². The lowest BCUT2D eigenvalue weighted by Crippen LogP contribution is -2.28. The second kappa shape index (κ2) is 10.1. The third-order valence-corrected chi connectivity index (χ3v) is 6.81. The lowest BCUT2D eigenvalue weighted by Gasteiger charge is -2.16. The molecule has 4 aromatic rings. The summed E-state index contributed by atoms with van der Waals surface area (Å²) in [7, 11) is 1.62. The highest BCUT2D eigenvalue weighted by Crippen LogP contribution is 2.36. The number of aliphatic imine (C=N–C) groups is 1. The molecule has 1 fully saturated rings. The topological polar surface area (TPSA) is 89.9 Å². The number of hydrogen-bond acceptors (Lipinski definition) is 5. The van der Waals surface area contributed by atoms with Crippen LogP contribution in [0, 0.1) is 0 Å². The van der Waals surface area contributed by atoms with Crippen molar-refractivity contribution in [2.24, 2.45) is 10.7 Å². The summed E-state index contributed by atoms with van der Waals surface area (Å²) in [5.74, 6) is 0.202. The Morgan fingerprint density at radius 2 is 1.75 bits per heavy atom. The molecule has 0 unspecified atom stereocenters. The van der Waals surface area contributed by atoms with Crippen LogP contribution in [-0.2, 0) is 22.7 Å². The highest BCUT2D eigenvalue weighted by Gasteiger charge is 2.33. The number of thioether (sulfide) groups is 1. The third-order valence-electron chi connectivity index (χ3n) is 5.80. The Labute approximate surface area is 212 Å². The van der Waals surface area contributed by atoms with Crippen LogP contribution >= 0.6 is 11.8 Å². The van der Waals surface area contributed by atoms with Crippen LogP contribution in [0.5, 0.6) is 5.75 Å². The number of amides is 2. The van der Waals surface area contributed by atoms with Crippen LogP contribution in [0.25, 0.3) is 17.0 Å². The number of methoxy groups -OCH3 is 1. The number of rotatable bonds is 7. The summed E-state index contributed by atoms with van der Waals surface area (Å²) in [5.41, 5.74) is 8.90. The molecule has 0 bridgehead atoms. The summed E-state index contributed by atoms with van der Waals surface area (Å²) in [6.07, 6.45) is 3.72. The number of para-hydroxylation sites is 2. The number of benzene rings is 3. The zero-order valence-corrected chi connectivity index (χ0v) is 20.4. The minimum Gasteiger partial charge on any atom is -0.497 e. The van der Waals surface area contributed by atoms with Gasteiger partial charge in [-0.3, -0.25) is 14.5 Å². The zero-order valence-electron chi connectivity index (χ0n) is 19.6. The number of hydrogen-bond donors (Lipinski definition) is 1. The summed E-state index contributed by atoms with van der Waals surface area (Å²) < 4.78 is 7.06. The molecule has 0 radical (unpaired) electrons. The predicted octanol–water partition coefficient (Wildman–Crippen LogP) is 4.94. The van der Waals surface area contributed by atoms with Crippen LogP contribution in [0.3, 0.4) is 0 Å². The zero-order chi connectivity index (χ0) is 25.1. The average Bonchev–Trinajstić information content (AvgIpc) is 3.37. The second-order valence-electron chi connectivity index (χ2n) is 8.28. The number of primary amides is 1. The van der Waals surface area contributed by atoms with Crippen molar-refractivity contribution in [3.05, 3.63) is 101 Å². The quantitative estimate of drug-likeness (QED) is 0.367. The van der Waals surface area contributed by atoms with Crippen molar-refractivity contribution in [1.29, 1.82) is 0 Å². The van der Waals surface area contributed by atoms with Gasteiger partial charge < -0.3 is 15.0 Å². The number of aromatic nitrogens is 1. The van der Waals surface area contributed by atoms with Crippen molar-refractivity contribution < 1.29 is 14.3 Å².